The summed E-state index contributed by atoms with van der Waals surface area (Å²) in [5.74, 6) is -0.388. The number of rotatable bonds is 4. The summed E-state index contributed by atoms with van der Waals surface area (Å²) in [5, 5.41) is 6.95. The molecule has 0 amide bonds. The largest absolute Gasteiger partial charge is 0.297 e. The summed E-state index contributed by atoms with van der Waals surface area (Å²) >= 11 is 3.24. The highest BCUT2D eigenvalue weighted by Gasteiger charge is 2.24. The zero-order valence-corrected chi connectivity index (χ0v) is 13.5. The highest BCUT2D eigenvalue weighted by atomic mass is 79.9. The van der Waals surface area contributed by atoms with Gasteiger partial charge >= 0.3 is 0 Å². The highest BCUT2D eigenvalue weighted by Crippen LogP contribution is 2.27. The molecule has 0 bridgehead atoms. The molecule has 20 heavy (non-hydrogen) atoms. The Labute approximate surface area is 128 Å². The summed E-state index contributed by atoms with van der Waals surface area (Å²) in [6.45, 7) is 2.17. The second-order valence-electron chi connectivity index (χ2n) is 4.02. The summed E-state index contributed by atoms with van der Waals surface area (Å²) in [6, 6.07) is 4.31. The molecule has 0 saturated heterocycles. The maximum Gasteiger partial charge on any atom is 0.296 e. The first-order valence-electron chi connectivity index (χ1n) is 5.68. The molecule has 0 radical (unpaired) electrons. The van der Waals surface area contributed by atoms with Gasteiger partial charge in [0.2, 0.25) is 0 Å². The van der Waals surface area contributed by atoms with Crippen molar-refractivity contribution in [3.63, 3.8) is 0 Å². The monoisotopic (exact) mass is 381 g/mol. The number of aromatic nitrogens is 3. The molecule has 5 nitrogen and oxygen atoms in total. The maximum atomic E-state index is 13.9. The van der Waals surface area contributed by atoms with Crippen LogP contribution in [0.25, 0.3) is 11.4 Å². The Kier molecular flexibility index (Phi) is 4.46. The molecule has 0 spiro atoms. The Hall–Kier alpha value is -0.990. The zero-order valence-electron chi connectivity index (χ0n) is 10.3. The van der Waals surface area contributed by atoms with E-state index in [4.69, 9.17) is 10.7 Å². The molecular formula is C11H10BrClFN3O2S. The van der Waals surface area contributed by atoms with Gasteiger partial charge in [0.15, 0.2) is 5.82 Å². The molecule has 0 aliphatic rings. The molecule has 1 aromatic carbocycles. The molecule has 9 heteroatoms. The number of benzene rings is 1. The predicted octanol–water partition coefficient (Wildman–Crippen LogP) is 3.18. The Morgan fingerprint density at radius 1 is 1.40 bits per heavy atom. The van der Waals surface area contributed by atoms with Gasteiger partial charge in [0.25, 0.3) is 14.2 Å². The van der Waals surface area contributed by atoms with Gasteiger partial charge in [-0.1, -0.05) is 22.9 Å². The van der Waals surface area contributed by atoms with E-state index in [0.717, 1.165) is 0 Å². The van der Waals surface area contributed by atoms with Crippen LogP contribution in [-0.4, -0.2) is 23.2 Å². The Bertz CT molecular complexity index is 748. The van der Waals surface area contributed by atoms with Crippen molar-refractivity contribution in [2.75, 3.05) is 0 Å². The van der Waals surface area contributed by atoms with Crippen molar-refractivity contribution in [2.45, 2.75) is 25.0 Å². The summed E-state index contributed by atoms with van der Waals surface area (Å²) in [6.07, 6.45) is 0.625. The van der Waals surface area contributed by atoms with Crippen molar-refractivity contribution in [3.8, 4) is 11.4 Å². The molecular weight excluding hydrogens is 373 g/mol. The third kappa shape index (κ3) is 3.02. The summed E-state index contributed by atoms with van der Waals surface area (Å²) < 4.78 is 38.8. The number of halogens is 3. The van der Waals surface area contributed by atoms with Crippen LogP contribution < -0.4 is 0 Å². The molecule has 1 heterocycles. The van der Waals surface area contributed by atoms with E-state index < -0.39 is 14.9 Å². The van der Waals surface area contributed by atoms with Crippen LogP contribution in [0, 0.1) is 5.82 Å². The van der Waals surface area contributed by atoms with Gasteiger partial charge in [0.1, 0.15) is 5.82 Å². The number of hydrogen-bond acceptors (Lipinski definition) is 4. The molecule has 2 rings (SSSR count). The van der Waals surface area contributed by atoms with Gasteiger partial charge in [-0.2, -0.15) is 0 Å². The SMILES string of the molecule is CCCn1c(-c2cc(Br)ccc2F)nnc1S(=O)(=O)Cl. The van der Waals surface area contributed by atoms with Crippen LogP contribution in [0.4, 0.5) is 4.39 Å². The van der Waals surface area contributed by atoms with E-state index in [1.807, 2.05) is 6.92 Å². The molecule has 2 aromatic rings. The van der Waals surface area contributed by atoms with E-state index in [1.54, 1.807) is 6.07 Å². The Morgan fingerprint density at radius 2 is 2.10 bits per heavy atom. The molecule has 108 valence electrons. The van der Waals surface area contributed by atoms with Gasteiger partial charge in [0.05, 0.1) is 5.56 Å². The maximum absolute atomic E-state index is 13.9. The fraction of sp³-hybridized carbons (Fsp3) is 0.273. The third-order valence-corrected chi connectivity index (χ3v) is 4.20. The lowest BCUT2D eigenvalue weighted by Gasteiger charge is -2.08. The van der Waals surface area contributed by atoms with E-state index in [0.29, 0.717) is 17.4 Å². The summed E-state index contributed by atoms with van der Waals surface area (Å²) in [5.41, 5.74) is 0.159. The molecule has 0 atom stereocenters. The quantitative estimate of drug-likeness (QED) is 0.762. The number of hydrogen-bond donors (Lipinski definition) is 0. The lowest BCUT2D eigenvalue weighted by Crippen LogP contribution is -2.08. The van der Waals surface area contributed by atoms with Crippen LogP contribution in [0.3, 0.4) is 0 Å². The molecule has 0 aliphatic carbocycles. The Morgan fingerprint density at radius 3 is 2.70 bits per heavy atom. The number of nitrogens with zero attached hydrogens (tertiary/aromatic N) is 3. The minimum absolute atomic E-state index is 0.130. The molecule has 0 saturated carbocycles. The Balaban J connectivity index is 2.69. The van der Waals surface area contributed by atoms with Crippen LogP contribution in [-0.2, 0) is 15.6 Å². The van der Waals surface area contributed by atoms with E-state index in [9.17, 15) is 12.8 Å². The van der Waals surface area contributed by atoms with Gasteiger partial charge < -0.3 is 0 Å². The standard InChI is InChI=1S/C11H10BrClFN3O2S/c1-2-5-17-10(15-16-11(17)20(13,18)19)8-6-7(12)3-4-9(8)14/h3-4,6H,2,5H2,1H3. The first-order valence-corrected chi connectivity index (χ1v) is 8.78. The van der Waals surface area contributed by atoms with Crippen molar-refractivity contribution >= 4 is 35.7 Å². The van der Waals surface area contributed by atoms with Crippen molar-refractivity contribution in [1.82, 2.24) is 14.8 Å². The average Bonchev–Trinajstić information content (AvgIpc) is 2.76. The topological polar surface area (TPSA) is 64.8 Å². The normalized spacial score (nSPS) is 11.8. The van der Waals surface area contributed by atoms with Gasteiger partial charge in [0, 0.05) is 21.7 Å². The molecule has 0 unspecified atom stereocenters. The molecule has 1 aromatic heterocycles. The first-order chi connectivity index (χ1) is 9.34. The fourth-order valence-electron chi connectivity index (χ4n) is 1.76. The van der Waals surface area contributed by atoms with Crippen LogP contribution in [0.15, 0.2) is 27.8 Å². The average molecular weight is 383 g/mol. The molecule has 0 fully saturated rings. The van der Waals surface area contributed by atoms with Crippen LogP contribution in [0.1, 0.15) is 13.3 Å². The van der Waals surface area contributed by atoms with Crippen LogP contribution >= 0.6 is 26.6 Å². The fourth-order valence-corrected chi connectivity index (χ4v) is 3.05. The summed E-state index contributed by atoms with van der Waals surface area (Å²) in [4.78, 5) is 0. The second-order valence-corrected chi connectivity index (χ2v) is 7.40. The van der Waals surface area contributed by atoms with Gasteiger partial charge in [-0.05, 0) is 24.6 Å². The van der Waals surface area contributed by atoms with Crippen molar-refractivity contribution in [1.29, 1.82) is 0 Å². The highest BCUT2D eigenvalue weighted by molar-refractivity contribution is 9.10. The minimum Gasteiger partial charge on any atom is -0.297 e. The smallest absolute Gasteiger partial charge is 0.296 e. The van der Waals surface area contributed by atoms with Crippen LogP contribution in [0.5, 0.6) is 0 Å². The predicted molar refractivity (Wildman–Crippen MR) is 76.4 cm³/mol. The minimum atomic E-state index is -4.04. The van der Waals surface area contributed by atoms with E-state index in [-0.39, 0.29) is 16.5 Å². The lowest BCUT2D eigenvalue weighted by atomic mass is 10.2. The van der Waals surface area contributed by atoms with E-state index >= 15 is 0 Å². The van der Waals surface area contributed by atoms with Crippen molar-refractivity contribution in [3.05, 3.63) is 28.5 Å². The van der Waals surface area contributed by atoms with Gasteiger partial charge in [-0.3, -0.25) is 4.57 Å². The van der Waals surface area contributed by atoms with Gasteiger partial charge in [-0.25, -0.2) is 12.8 Å². The van der Waals surface area contributed by atoms with Gasteiger partial charge in [-0.15, -0.1) is 10.2 Å². The summed E-state index contributed by atoms with van der Waals surface area (Å²) in [7, 11) is 1.28. The van der Waals surface area contributed by atoms with Crippen LogP contribution in [0.2, 0.25) is 0 Å². The third-order valence-electron chi connectivity index (χ3n) is 2.55. The van der Waals surface area contributed by atoms with Crippen molar-refractivity contribution in [2.24, 2.45) is 0 Å². The van der Waals surface area contributed by atoms with E-state index in [1.165, 1.54) is 16.7 Å². The van der Waals surface area contributed by atoms with E-state index in [2.05, 4.69) is 26.1 Å². The molecule has 0 N–H and O–H groups in total. The lowest BCUT2D eigenvalue weighted by molar-refractivity contribution is 0.568. The first kappa shape index (κ1) is 15.4. The molecule has 0 aliphatic heterocycles. The zero-order chi connectivity index (χ0) is 14.9. The van der Waals surface area contributed by atoms with Crippen molar-refractivity contribution < 1.29 is 12.8 Å². The second kappa shape index (κ2) is 5.79.